The van der Waals surface area contributed by atoms with Crippen LogP contribution in [-0.4, -0.2) is 39.3 Å². The fraction of sp³-hybridized carbons (Fsp3) is 0.188. The van der Waals surface area contributed by atoms with Crippen molar-refractivity contribution in [2.24, 2.45) is 0 Å². The molecule has 0 unspecified atom stereocenters. The molecule has 2 aromatic rings. The average Bonchev–Trinajstić information content (AvgIpc) is 2.57. The third-order valence-corrected chi connectivity index (χ3v) is 5.16. The van der Waals surface area contributed by atoms with Crippen LogP contribution in [0.25, 0.3) is 0 Å². The minimum absolute atomic E-state index is 0.0322. The molecule has 0 saturated carbocycles. The predicted octanol–water partition coefficient (Wildman–Crippen LogP) is 2.36. The molecule has 0 heterocycles. The van der Waals surface area contributed by atoms with Gasteiger partial charge in [-0.2, -0.15) is 12.7 Å². The molecule has 0 saturated heterocycles. The lowest BCUT2D eigenvalue weighted by Gasteiger charge is -2.26. The topological polar surface area (TPSA) is 69.7 Å². The van der Waals surface area contributed by atoms with Crippen molar-refractivity contribution in [1.29, 1.82) is 0 Å². The smallest absolute Gasteiger partial charge is 0.304 e. The molecule has 1 amide bonds. The normalized spacial score (nSPS) is 11.5. The van der Waals surface area contributed by atoms with Gasteiger partial charge >= 0.3 is 10.2 Å². The zero-order valence-corrected chi connectivity index (χ0v) is 14.7. The van der Waals surface area contributed by atoms with Crippen molar-refractivity contribution < 1.29 is 26.4 Å². The van der Waals surface area contributed by atoms with Crippen LogP contribution in [0.4, 0.5) is 24.5 Å². The zero-order valence-electron chi connectivity index (χ0n) is 13.9. The van der Waals surface area contributed by atoms with Crippen molar-refractivity contribution in [3.05, 3.63) is 59.9 Å². The summed E-state index contributed by atoms with van der Waals surface area (Å²) in [7, 11) is -1.50. The molecule has 0 atom stereocenters. The molecule has 0 spiro atoms. The lowest BCUT2D eigenvalue weighted by atomic mass is 10.3. The maximum absolute atomic E-state index is 13.2. The number of carbonyl (C=O) groups is 1. The van der Waals surface area contributed by atoms with Crippen LogP contribution in [0.15, 0.2) is 42.5 Å². The molecular weight excluding hydrogens is 371 g/mol. The van der Waals surface area contributed by atoms with E-state index in [1.807, 2.05) is 0 Å². The average molecular weight is 387 g/mol. The van der Waals surface area contributed by atoms with Crippen LogP contribution in [0.2, 0.25) is 0 Å². The molecule has 0 fully saturated rings. The Morgan fingerprint density at radius 1 is 1.00 bits per heavy atom. The Morgan fingerprint density at radius 2 is 1.62 bits per heavy atom. The minimum Gasteiger partial charge on any atom is -0.324 e. The maximum atomic E-state index is 13.2. The molecule has 0 bridgehead atoms. The molecule has 2 rings (SSSR count). The van der Waals surface area contributed by atoms with Crippen molar-refractivity contribution in [2.45, 2.75) is 0 Å². The lowest BCUT2D eigenvalue weighted by molar-refractivity contribution is -0.114. The summed E-state index contributed by atoms with van der Waals surface area (Å²) in [6.07, 6.45) is 0. The Labute approximate surface area is 149 Å². The summed E-state index contributed by atoms with van der Waals surface area (Å²) in [4.78, 5) is 12.2. The summed E-state index contributed by atoms with van der Waals surface area (Å²) >= 11 is 0. The van der Waals surface area contributed by atoms with Gasteiger partial charge in [0.15, 0.2) is 11.6 Å². The summed E-state index contributed by atoms with van der Waals surface area (Å²) in [6, 6.07) is 7.28. The number of halogens is 3. The van der Waals surface area contributed by atoms with Crippen LogP contribution in [-0.2, 0) is 15.0 Å². The van der Waals surface area contributed by atoms with Gasteiger partial charge in [-0.15, -0.1) is 0 Å². The highest BCUT2D eigenvalue weighted by atomic mass is 32.2. The van der Waals surface area contributed by atoms with E-state index in [1.54, 1.807) is 0 Å². The second-order valence-corrected chi connectivity index (χ2v) is 7.52. The number of nitrogens with zero attached hydrogens (tertiary/aromatic N) is 2. The first-order chi connectivity index (χ1) is 12.1. The van der Waals surface area contributed by atoms with Gasteiger partial charge in [0.1, 0.15) is 12.4 Å². The van der Waals surface area contributed by atoms with Gasteiger partial charge < -0.3 is 5.32 Å². The number of carbonyl (C=O) groups excluding carboxylic acids is 1. The van der Waals surface area contributed by atoms with Gasteiger partial charge in [-0.25, -0.2) is 17.5 Å². The first-order valence-corrected chi connectivity index (χ1v) is 8.71. The van der Waals surface area contributed by atoms with E-state index in [4.69, 9.17) is 0 Å². The quantitative estimate of drug-likeness (QED) is 0.827. The monoisotopic (exact) mass is 387 g/mol. The molecule has 0 aromatic heterocycles. The van der Waals surface area contributed by atoms with E-state index in [-0.39, 0.29) is 11.4 Å². The third-order valence-electron chi connectivity index (χ3n) is 3.35. The number of anilines is 2. The van der Waals surface area contributed by atoms with Crippen LogP contribution in [0.3, 0.4) is 0 Å². The van der Waals surface area contributed by atoms with Crippen molar-refractivity contribution in [3.63, 3.8) is 0 Å². The van der Waals surface area contributed by atoms with Crippen LogP contribution in [0, 0.1) is 17.5 Å². The molecule has 0 aliphatic carbocycles. The fourth-order valence-corrected chi connectivity index (χ4v) is 3.08. The summed E-state index contributed by atoms with van der Waals surface area (Å²) < 4.78 is 65.8. The van der Waals surface area contributed by atoms with Gasteiger partial charge in [0.2, 0.25) is 5.91 Å². The van der Waals surface area contributed by atoms with E-state index in [2.05, 4.69) is 5.32 Å². The second-order valence-electron chi connectivity index (χ2n) is 5.45. The number of benzene rings is 2. The summed E-state index contributed by atoms with van der Waals surface area (Å²) in [6.45, 7) is -0.648. The molecule has 0 radical (unpaired) electrons. The number of hydrogen-bond acceptors (Lipinski definition) is 3. The van der Waals surface area contributed by atoms with Crippen molar-refractivity contribution in [3.8, 4) is 0 Å². The standard InChI is InChI=1S/C16H16F3N3O3S/c1-21(2)26(24,25)22(13-6-3-11(17)4-7-13)10-16(23)20-12-5-8-14(18)15(19)9-12/h3-9H,10H2,1-2H3,(H,20,23). The van der Waals surface area contributed by atoms with Crippen LogP contribution < -0.4 is 9.62 Å². The van der Waals surface area contributed by atoms with Gasteiger partial charge in [0.25, 0.3) is 0 Å². The van der Waals surface area contributed by atoms with Gasteiger partial charge in [0.05, 0.1) is 5.69 Å². The van der Waals surface area contributed by atoms with Crippen molar-refractivity contribution in [2.75, 3.05) is 30.3 Å². The third kappa shape index (κ3) is 4.52. The van der Waals surface area contributed by atoms with Crippen molar-refractivity contribution >= 4 is 27.5 Å². The van der Waals surface area contributed by atoms with Crippen LogP contribution in [0.1, 0.15) is 0 Å². The van der Waals surface area contributed by atoms with Crippen LogP contribution in [0.5, 0.6) is 0 Å². The first kappa shape index (κ1) is 19.7. The van der Waals surface area contributed by atoms with E-state index < -0.39 is 40.1 Å². The molecular formula is C16H16F3N3O3S. The second kappa shape index (κ2) is 7.75. The Hall–Kier alpha value is -2.59. The molecule has 0 aliphatic heterocycles. The first-order valence-electron chi connectivity index (χ1n) is 7.32. The maximum Gasteiger partial charge on any atom is 0.304 e. The summed E-state index contributed by atoms with van der Waals surface area (Å²) in [5.74, 6) is -3.59. The van der Waals surface area contributed by atoms with E-state index in [9.17, 15) is 26.4 Å². The molecule has 26 heavy (non-hydrogen) atoms. The minimum atomic E-state index is -4.06. The Bertz CT molecular complexity index is 903. The lowest BCUT2D eigenvalue weighted by Crippen LogP contribution is -2.44. The van der Waals surface area contributed by atoms with Crippen molar-refractivity contribution in [1.82, 2.24) is 4.31 Å². The Kier molecular flexibility index (Phi) is 5.88. The van der Waals surface area contributed by atoms with E-state index in [1.165, 1.54) is 26.2 Å². The Morgan fingerprint density at radius 3 is 2.15 bits per heavy atom. The molecule has 10 heteroatoms. The largest absolute Gasteiger partial charge is 0.324 e. The van der Waals surface area contributed by atoms with Gasteiger partial charge in [-0.1, -0.05) is 0 Å². The summed E-state index contributed by atoms with van der Waals surface area (Å²) in [5, 5.41) is 2.29. The van der Waals surface area contributed by atoms with E-state index in [0.717, 1.165) is 38.9 Å². The SMILES string of the molecule is CN(C)S(=O)(=O)N(CC(=O)Nc1ccc(F)c(F)c1)c1ccc(F)cc1. The molecule has 1 N–H and O–H groups in total. The van der Waals surface area contributed by atoms with E-state index >= 15 is 0 Å². The van der Waals surface area contributed by atoms with Gasteiger partial charge in [0, 0.05) is 25.8 Å². The summed E-state index contributed by atoms with van der Waals surface area (Å²) in [5.41, 5.74) is 0.0377. The highest BCUT2D eigenvalue weighted by molar-refractivity contribution is 7.90. The highest BCUT2D eigenvalue weighted by Gasteiger charge is 2.27. The van der Waals surface area contributed by atoms with Crippen LogP contribution >= 0.6 is 0 Å². The number of nitrogens with one attached hydrogen (secondary N) is 1. The van der Waals surface area contributed by atoms with E-state index in [0.29, 0.717) is 0 Å². The highest BCUT2D eigenvalue weighted by Crippen LogP contribution is 2.20. The fourth-order valence-electron chi connectivity index (χ4n) is 2.02. The zero-order chi connectivity index (χ0) is 19.5. The van der Waals surface area contributed by atoms with Gasteiger partial charge in [-0.05, 0) is 36.4 Å². The number of rotatable bonds is 6. The number of amides is 1. The molecule has 140 valence electrons. The predicted molar refractivity (Wildman–Crippen MR) is 91.3 cm³/mol. The molecule has 2 aromatic carbocycles. The molecule has 6 nitrogen and oxygen atoms in total. The Balaban J connectivity index is 2.27. The number of hydrogen-bond donors (Lipinski definition) is 1. The molecule has 0 aliphatic rings. The van der Waals surface area contributed by atoms with Gasteiger partial charge in [-0.3, -0.25) is 4.79 Å².